The third-order valence-corrected chi connectivity index (χ3v) is 4.04. The van der Waals surface area contributed by atoms with E-state index < -0.39 is 12.3 Å². The minimum atomic E-state index is -5.15. The largest absolute Gasteiger partial charge is 0.497 e. The summed E-state index contributed by atoms with van der Waals surface area (Å²) in [7, 11) is 1.47. The lowest BCUT2D eigenvalue weighted by atomic mass is 9.52. The van der Waals surface area contributed by atoms with Gasteiger partial charge in [-0.1, -0.05) is 53.9 Å². The van der Waals surface area contributed by atoms with Crippen LogP contribution in [0.2, 0.25) is 5.02 Å². The number of hydrogen-bond donors (Lipinski definition) is 0. The van der Waals surface area contributed by atoms with Crippen molar-refractivity contribution in [1.29, 1.82) is 0 Å². The highest BCUT2D eigenvalue weighted by atomic mass is 35.5. The molecule has 2 aromatic carbocycles. The van der Waals surface area contributed by atoms with Crippen LogP contribution in [0, 0.1) is 0 Å². The molecule has 0 aliphatic heterocycles. The number of halogens is 4. The van der Waals surface area contributed by atoms with E-state index in [0.29, 0.717) is 10.8 Å². The average Bonchev–Trinajstić information content (AvgIpc) is 2.46. The van der Waals surface area contributed by atoms with Gasteiger partial charge in [0.25, 0.3) is 0 Å². The molecule has 0 aliphatic carbocycles. The quantitative estimate of drug-likeness (QED) is 0.718. The zero-order valence-electron chi connectivity index (χ0n) is 11.6. The van der Waals surface area contributed by atoms with Crippen LogP contribution in [-0.2, 0) is 5.31 Å². The minimum Gasteiger partial charge on any atom is -0.497 e. The van der Waals surface area contributed by atoms with Gasteiger partial charge in [0.15, 0.2) is 0 Å². The summed E-state index contributed by atoms with van der Waals surface area (Å²) in [5.74, 6) is 0.520. The summed E-state index contributed by atoms with van der Waals surface area (Å²) in [5.41, 5.74) is 0.350. The first-order chi connectivity index (χ1) is 9.79. The summed E-state index contributed by atoms with van der Waals surface area (Å²) in [4.78, 5) is 0. The van der Waals surface area contributed by atoms with Gasteiger partial charge in [0.1, 0.15) is 5.75 Å². The van der Waals surface area contributed by atoms with Crippen LogP contribution in [0.3, 0.4) is 0 Å². The highest BCUT2D eigenvalue weighted by molar-refractivity contribution is 6.63. The molecule has 0 amide bonds. The maximum Gasteiger partial charge on any atom is 0.492 e. The van der Waals surface area contributed by atoms with Crippen molar-refractivity contribution in [2.45, 2.75) is 12.2 Å². The van der Waals surface area contributed by atoms with Crippen molar-refractivity contribution in [2.24, 2.45) is 0 Å². The molecule has 112 valence electrons. The Kier molecular flexibility index (Phi) is 4.24. The van der Waals surface area contributed by atoms with Gasteiger partial charge in [-0.2, -0.15) is 0 Å². The maximum atomic E-state index is 13.8. The van der Waals surface area contributed by atoms with Crippen molar-refractivity contribution in [2.75, 3.05) is 7.11 Å². The van der Waals surface area contributed by atoms with Gasteiger partial charge in [0.2, 0.25) is 0 Å². The number of benzene rings is 2. The molecule has 0 saturated heterocycles. The SMILES string of the molecule is COc1ccc([C@](C)(c2ccc(Cl)cc2)[B-](F)(F)F)cc1. The van der Waals surface area contributed by atoms with Gasteiger partial charge in [-0.3, -0.25) is 0 Å². The van der Waals surface area contributed by atoms with E-state index in [-0.39, 0.29) is 11.1 Å². The Morgan fingerprint density at radius 3 is 1.71 bits per heavy atom. The fourth-order valence-electron chi connectivity index (χ4n) is 2.28. The molecule has 0 bridgehead atoms. The van der Waals surface area contributed by atoms with Gasteiger partial charge < -0.3 is 17.7 Å². The third kappa shape index (κ3) is 2.88. The molecule has 0 heterocycles. The van der Waals surface area contributed by atoms with E-state index >= 15 is 0 Å². The summed E-state index contributed by atoms with van der Waals surface area (Å²) in [6.07, 6.45) is 0. The summed E-state index contributed by atoms with van der Waals surface area (Å²) < 4.78 is 46.3. The third-order valence-electron chi connectivity index (χ3n) is 3.79. The lowest BCUT2D eigenvalue weighted by Gasteiger charge is -2.40. The molecular formula is C15H14BClF3O-. The first kappa shape index (κ1) is 15.8. The van der Waals surface area contributed by atoms with Crippen LogP contribution in [0.5, 0.6) is 5.75 Å². The van der Waals surface area contributed by atoms with Crippen LogP contribution >= 0.6 is 11.6 Å². The normalized spacial score (nSPS) is 14.6. The second kappa shape index (κ2) is 5.64. The zero-order valence-corrected chi connectivity index (χ0v) is 12.4. The Morgan fingerprint density at radius 2 is 1.33 bits per heavy atom. The Labute approximate surface area is 126 Å². The first-order valence-electron chi connectivity index (χ1n) is 6.39. The highest BCUT2D eigenvalue weighted by Crippen LogP contribution is 2.43. The number of methoxy groups -OCH3 is 1. The average molecular weight is 314 g/mol. The minimum absolute atomic E-state index is 0.171. The molecule has 0 spiro atoms. The molecule has 21 heavy (non-hydrogen) atoms. The fraction of sp³-hybridized carbons (Fsp3) is 0.200. The molecule has 0 unspecified atom stereocenters. The molecule has 1 atom stereocenters. The topological polar surface area (TPSA) is 9.23 Å². The first-order valence-corrected chi connectivity index (χ1v) is 6.77. The Bertz CT molecular complexity index is 610. The van der Waals surface area contributed by atoms with Crippen molar-refractivity contribution >= 4 is 18.6 Å². The smallest absolute Gasteiger partial charge is 0.492 e. The molecule has 0 N–H and O–H groups in total. The van der Waals surface area contributed by atoms with E-state index in [1.807, 2.05) is 0 Å². The Hall–Kier alpha value is -1.62. The van der Waals surface area contributed by atoms with Crippen LogP contribution < -0.4 is 4.74 Å². The molecule has 0 aromatic heterocycles. The predicted molar refractivity (Wildman–Crippen MR) is 80.0 cm³/mol. The standard InChI is InChI=1S/C15H14BClF3O/c1-15(16(18,19)20,11-3-7-13(17)8-4-11)12-5-9-14(21-2)10-6-12/h3-10H,1-2H3/q-1/t15-/m0/s1. The summed E-state index contributed by atoms with van der Waals surface area (Å²) in [6.45, 7) is -3.96. The number of ether oxygens (including phenoxy) is 1. The van der Waals surface area contributed by atoms with Crippen molar-refractivity contribution in [1.82, 2.24) is 0 Å². The lowest BCUT2D eigenvalue weighted by Crippen LogP contribution is -2.45. The van der Waals surface area contributed by atoms with Crippen LogP contribution in [-0.4, -0.2) is 14.1 Å². The predicted octanol–water partition coefficient (Wildman–Crippen LogP) is 5.04. The molecule has 6 heteroatoms. The Morgan fingerprint density at radius 1 is 0.905 bits per heavy atom. The number of hydrogen-bond acceptors (Lipinski definition) is 1. The van der Waals surface area contributed by atoms with Crippen LogP contribution in [0.15, 0.2) is 48.5 Å². The second-order valence-electron chi connectivity index (χ2n) is 5.01. The van der Waals surface area contributed by atoms with Gasteiger partial charge >= 0.3 is 6.98 Å². The summed E-state index contributed by atoms with van der Waals surface area (Å²) in [5, 5.41) is -1.64. The van der Waals surface area contributed by atoms with Crippen molar-refractivity contribution < 1.29 is 17.7 Å². The van der Waals surface area contributed by atoms with E-state index in [1.165, 1.54) is 62.6 Å². The molecular weight excluding hydrogens is 299 g/mol. The molecule has 2 aromatic rings. The van der Waals surface area contributed by atoms with Gasteiger partial charge in [-0.05, 0) is 29.6 Å². The monoisotopic (exact) mass is 313 g/mol. The van der Waals surface area contributed by atoms with E-state index in [0.717, 1.165) is 0 Å². The molecule has 0 fully saturated rings. The van der Waals surface area contributed by atoms with Gasteiger partial charge in [0, 0.05) is 5.02 Å². The Balaban J connectivity index is 2.58. The van der Waals surface area contributed by atoms with E-state index in [2.05, 4.69) is 0 Å². The number of rotatable bonds is 4. The highest BCUT2D eigenvalue weighted by Gasteiger charge is 2.48. The van der Waals surface area contributed by atoms with E-state index in [4.69, 9.17) is 16.3 Å². The summed E-state index contributed by atoms with van der Waals surface area (Å²) in [6, 6.07) is 11.7. The molecule has 0 radical (unpaired) electrons. The van der Waals surface area contributed by atoms with Gasteiger partial charge in [-0.15, -0.1) is 0 Å². The van der Waals surface area contributed by atoms with Crippen molar-refractivity contribution in [3.63, 3.8) is 0 Å². The van der Waals surface area contributed by atoms with Crippen LogP contribution in [0.4, 0.5) is 12.9 Å². The van der Waals surface area contributed by atoms with Crippen LogP contribution in [0.1, 0.15) is 18.1 Å². The molecule has 1 nitrogen and oxygen atoms in total. The fourth-order valence-corrected chi connectivity index (χ4v) is 2.40. The molecule has 0 saturated carbocycles. The molecule has 2 rings (SSSR count). The second-order valence-corrected chi connectivity index (χ2v) is 5.45. The van der Waals surface area contributed by atoms with Crippen molar-refractivity contribution in [3.8, 4) is 5.75 Å². The zero-order chi connectivity index (χ0) is 15.7. The lowest BCUT2D eigenvalue weighted by molar-refractivity contribution is 0.404. The maximum absolute atomic E-state index is 13.8. The van der Waals surface area contributed by atoms with E-state index in [9.17, 15) is 12.9 Å². The van der Waals surface area contributed by atoms with Crippen molar-refractivity contribution in [3.05, 3.63) is 64.7 Å². The molecule has 0 aliphatic rings. The van der Waals surface area contributed by atoms with Gasteiger partial charge in [-0.25, -0.2) is 0 Å². The van der Waals surface area contributed by atoms with Crippen LogP contribution in [0.25, 0.3) is 0 Å². The van der Waals surface area contributed by atoms with E-state index in [1.54, 1.807) is 0 Å². The van der Waals surface area contributed by atoms with Gasteiger partial charge in [0.05, 0.1) is 7.11 Å². The summed E-state index contributed by atoms with van der Waals surface area (Å²) >= 11 is 5.77.